The molecule has 3 aromatic rings. The van der Waals surface area contributed by atoms with Crippen molar-refractivity contribution in [2.75, 3.05) is 25.0 Å². The third-order valence-corrected chi connectivity index (χ3v) is 7.21. The molecule has 3 atom stereocenters. The first-order chi connectivity index (χ1) is 20.5. The summed E-state index contributed by atoms with van der Waals surface area (Å²) in [5.74, 6) is -2.36. The highest BCUT2D eigenvalue weighted by molar-refractivity contribution is 6.00. The van der Waals surface area contributed by atoms with Crippen molar-refractivity contribution in [2.45, 2.75) is 71.6 Å². The van der Waals surface area contributed by atoms with Gasteiger partial charge in [-0.25, -0.2) is 8.78 Å². The van der Waals surface area contributed by atoms with Crippen LogP contribution >= 0.6 is 0 Å². The number of carbonyl (C=O) groups excluding carboxylic acids is 2. The van der Waals surface area contributed by atoms with Crippen molar-refractivity contribution >= 4 is 17.5 Å². The van der Waals surface area contributed by atoms with Gasteiger partial charge in [0.05, 0.1) is 12.1 Å². The summed E-state index contributed by atoms with van der Waals surface area (Å²) < 4.78 is 28.0. The number of benzene rings is 3. The number of nitrogens with zero attached hydrogens (tertiary/aromatic N) is 1. The summed E-state index contributed by atoms with van der Waals surface area (Å²) in [7, 11) is 0. The lowest BCUT2D eigenvalue weighted by atomic mass is 9.96. The lowest BCUT2D eigenvalue weighted by Gasteiger charge is -2.28. The van der Waals surface area contributed by atoms with E-state index in [0.717, 1.165) is 48.7 Å². The number of hydrogen-bond donors (Lipinski definition) is 4. The number of anilines is 1. The number of carbonyl (C=O) groups is 2. The van der Waals surface area contributed by atoms with E-state index in [1.54, 1.807) is 24.0 Å². The van der Waals surface area contributed by atoms with Crippen molar-refractivity contribution < 1.29 is 28.6 Å². The van der Waals surface area contributed by atoms with Crippen molar-refractivity contribution in [2.24, 2.45) is 0 Å². The van der Waals surface area contributed by atoms with Crippen LogP contribution in [-0.4, -0.2) is 64.8 Å². The van der Waals surface area contributed by atoms with E-state index in [4.69, 9.17) is 0 Å². The second-order valence-corrected chi connectivity index (χ2v) is 10.9. The van der Waals surface area contributed by atoms with E-state index in [-0.39, 0.29) is 30.0 Å². The van der Waals surface area contributed by atoms with Crippen LogP contribution in [-0.2, 0) is 12.8 Å². The molecule has 0 spiro atoms. The molecule has 7 nitrogen and oxygen atoms in total. The maximum Gasteiger partial charge on any atom is 0.253 e. The molecule has 0 aromatic heterocycles. The second-order valence-electron chi connectivity index (χ2n) is 10.9. The van der Waals surface area contributed by atoms with Crippen LogP contribution in [0.15, 0.2) is 60.7 Å². The Hall–Kier alpha value is -3.82. The molecular weight excluding hydrogens is 552 g/mol. The van der Waals surface area contributed by atoms with Crippen molar-refractivity contribution in [3.63, 3.8) is 0 Å². The summed E-state index contributed by atoms with van der Waals surface area (Å²) >= 11 is 0. The number of hydrogen-bond acceptors (Lipinski definition) is 5. The predicted octanol–water partition coefficient (Wildman–Crippen LogP) is 5.27. The third-order valence-electron chi connectivity index (χ3n) is 7.21. The van der Waals surface area contributed by atoms with Gasteiger partial charge in [-0.2, -0.15) is 0 Å². The molecule has 0 heterocycles. The van der Waals surface area contributed by atoms with Gasteiger partial charge in [0.15, 0.2) is 0 Å². The Morgan fingerprint density at radius 2 is 1.51 bits per heavy atom. The molecule has 0 saturated heterocycles. The summed E-state index contributed by atoms with van der Waals surface area (Å²) in [6.07, 6.45) is -0.547. The van der Waals surface area contributed by atoms with E-state index in [0.29, 0.717) is 24.2 Å². The van der Waals surface area contributed by atoms with Crippen molar-refractivity contribution in [1.82, 2.24) is 10.2 Å². The van der Waals surface area contributed by atoms with Crippen molar-refractivity contribution in [3.8, 4) is 0 Å². The first-order valence-electron chi connectivity index (χ1n) is 14.9. The van der Waals surface area contributed by atoms with Crippen LogP contribution in [0.3, 0.4) is 0 Å². The first kappa shape index (κ1) is 33.7. The van der Waals surface area contributed by atoms with Gasteiger partial charge in [-0.1, -0.05) is 32.9 Å². The second kappa shape index (κ2) is 16.1. The fourth-order valence-electron chi connectivity index (χ4n) is 5.08. The third kappa shape index (κ3) is 9.86. The highest BCUT2D eigenvalue weighted by Gasteiger charge is 2.29. The van der Waals surface area contributed by atoms with E-state index < -0.39 is 35.8 Å². The zero-order chi connectivity index (χ0) is 31.5. The van der Waals surface area contributed by atoms with Gasteiger partial charge in [-0.15, -0.1) is 0 Å². The maximum absolute atomic E-state index is 14.0. The average molecular weight is 596 g/mol. The molecule has 0 aliphatic carbocycles. The van der Waals surface area contributed by atoms with Gasteiger partial charge < -0.3 is 25.7 Å². The molecule has 4 N–H and O–H groups in total. The van der Waals surface area contributed by atoms with Crippen LogP contribution in [0.1, 0.15) is 71.0 Å². The minimum Gasteiger partial charge on any atom is -0.388 e. The summed E-state index contributed by atoms with van der Waals surface area (Å²) in [6, 6.07) is 14.4. The predicted molar refractivity (Wildman–Crippen MR) is 165 cm³/mol. The van der Waals surface area contributed by atoms with Crippen molar-refractivity contribution in [3.05, 3.63) is 100 Å². The lowest BCUT2D eigenvalue weighted by molar-refractivity contribution is 0.00408. The topological polar surface area (TPSA) is 102 Å². The van der Waals surface area contributed by atoms with Gasteiger partial charge in [-0.05, 0) is 91.8 Å². The number of aryl methyl sites for hydroxylation is 2. The lowest BCUT2D eigenvalue weighted by Crippen LogP contribution is -2.51. The number of aliphatic hydroxyl groups is 2. The number of nitrogens with one attached hydrogen (secondary N) is 2. The molecule has 9 heteroatoms. The highest BCUT2D eigenvalue weighted by Crippen LogP contribution is 2.18. The Morgan fingerprint density at radius 3 is 2.14 bits per heavy atom. The molecule has 0 saturated carbocycles. The van der Waals surface area contributed by atoms with Crippen LogP contribution in [0.5, 0.6) is 0 Å². The van der Waals surface area contributed by atoms with Gasteiger partial charge in [-0.3, -0.25) is 9.59 Å². The van der Waals surface area contributed by atoms with E-state index in [2.05, 4.69) is 10.6 Å². The minimum atomic E-state index is -1.49. The summed E-state index contributed by atoms with van der Waals surface area (Å²) in [4.78, 5) is 28.5. The number of amides is 2. The molecular formula is C34H43F2N3O4. The van der Waals surface area contributed by atoms with Crippen LogP contribution in [0, 0.1) is 18.6 Å². The Bertz CT molecular complexity index is 1360. The van der Waals surface area contributed by atoms with Crippen LogP contribution in [0.25, 0.3) is 0 Å². The van der Waals surface area contributed by atoms with Gasteiger partial charge in [0, 0.05) is 42.5 Å². The Morgan fingerprint density at radius 1 is 0.860 bits per heavy atom. The largest absolute Gasteiger partial charge is 0.388 e. The van der Waals surface area contributed by atoms with Gasteiger partial charge in [0.2, 0.25) is 0 Å². The normalized spacial score (nSPS) is 13.2. The maximum atomic E-state index is 14.0. The zero-order valence-electron chi connectivity index (χ0n) is 25.4. The number of halogens is 2. The molecule has 0 bridgehead atoms. The molecule has 0 aliphatic rings. The number of aliphatic hydroxyl groups excluding tert-OH is 2. The smallest absolute Gasteiger partial charge is 0.253 e. The van der Waals surface area contributed by atoms with E-state index in [1.807, 2.05) is 45.0 Å². The Labute approximate surface area is 252 Å². The Balaban J connectivity index is 1.85. The van der Waals surface area contributed by atoms with Crippen molar-refractivity contribution in [1.29, 1.82) is 0 Å². The molecule has 0 aliphatic heterocycles. The van der Waals surface area contributed by atoms with Gasteiger partial charge in [0.1, 0.15) is 17.7 Å². The average Bonchev–Trinajstić information content (AvgIpc) is 2.97. The summed E-state index contributed by atoms with van der Waals surface area (Å²) in [5, 5.41) is 27.9. The fourth-order valence-corrected chi connectivity index (χ4v) is 5.08. The SMILES string of the molecule is CCCN(CCC)C(=O)c1cc(C)cc(C(=O)N[C@@H](Cc2cc(F)cc(F)c2)[C@@H](O)[C@H](O)CNc2cccc(CC)c2)c1. The van der Waals surface area contributed by atoms with Crippen LogP contribution in [0.4, 0.5) is 14.5 Å². The molecule has 43 heavy (non-hydrogen) atoms. The summed E-state index contributed by atoms with van der Waals surface area (Å²) in [5.41, 5.74) is 3.33. The van der Waals surface area contributed by atoms with E-state index in [1.165, 1.54) is 6.07 Å². The standard InChI is InChI=1S/C34H43F2N3O4/c1-5-11-39(12-6-2)34(43)26-14-22(4)13-25(19-26)33(42)38-30(18-24-15-27(35)20-28(36)16-24)32(41)31(40)21-37-29-10-8-9-23(7-3)17-29/h8-10,13-17,19-20,30-32,37,40-41H,5-7,11-12,18,21H2,1-4H3,(H,38,42)/t30-,31+,32+/m0/s1. The van der Waals surface area contributed by atoms with Crippen LogP contribution in [0.2, 0.25) is 0 Å². The van der Waals surface area contributed by atoms with E-state index in [9.17, 15) is 28.6 Å². The molecule has 0 radical (unpaired) electrons. The first-order valence-corrected chi connectivity index (χ1v) is 14.9. The van der Waals surface area contributed by atoms with E-state index >= 15 is 0 Å². The monoisotopic (exact) mass is 595 g/mol. The molecule has 0 unspecified atom stereocenters. The van der Waals surface area contributed by atoms with Gasteiger partial charge >= 0.3 is 0 Å². The zero-order valence-corrected chi connectivity index (χ0v) is 25.4. The molecule has 3 rings (SSSR count). The molecule has 3 aromatic carbocycles. The summed E-state index contributed by atoms with van der Waals surface area (Å²) in [6.45, 7) is 8.94. The quantitative estimate of drug-likeness (QED) is 0.192. The van der Waals surface area contributed by atoms with Crippen LogP contribution < -0.4 is 10.6 Å². The molecule has 2 amide bonds. The van der Waals surface area contributed by atoms with Gasteiger partial charge in [0.25, 0.3) is 11.8 Å². The fraction of sp³-hybridized carbons (Fsp3) is 0.412. The minimum absolute atomic E-state index is 0.0357. The Kier molecular flexibility index (Phi) is 12.6. The molecule has 0 fully saturated rings. The highest BCUT2D eigenvalue weighted by atomic mass is 19.1. The number of rotatable bonds is 15. The molecule has 232 valence electrons.